The first-order chi connectivity index (χ1) is 13.7. The summed E-state index contributed by atoms with van der Waals surface area (Å²) in [6.07, 6.45) is 5.78. The van der Waals surface area contributed by atoms with Crippen molar-refractivity contribution in [2.45, 2.75) is 32.2 Å². The number of rotatable bonds is 6. The molecule has 0 unspecified atom stereocenters. The van der Waals surface area contributed by atoms with Crippen LogP contribution in [0.1, 0.15) is 25.0 Å². The van der Waals surface area contributed by atoms with Crippen LogP contribution in [-0.2, 0) is 17.8 Å². The average molecular weight is 396 g/mol. The topological polar surface area (TPSA) is 56.1 Å². The van der Waals surface area contributed by atoms with E-state index in [2.05, 4.69) is 14.9 Å². The van der Waals surface area contributed by atoms with Crippen molar-refractivity contribution in [2.75, 3.05) is 11.9 Å². The largest absolute Gasteiger partial charge is 0.493 e. The highest BCUT2D eigenvalue weighted by atomic mass is 35.5. The van der Waals surface area contributed by atoms with Gasteiger partial charge >= 0.3 is 0 Å². The van der Waals surface area contributed by atoms with Crippen LogP contribution in [0.4, 0.5) is 5.69 Å². The molecule has 144 valence electrons. The molecule has 5 nitrogen and oxygen atoms in total. The highest BCUT2D eigenvalue weighted by molar-refractivity contribution is 6.30. The second-order valence-corrected chi connectivity index (χ2v) is 7.30. The highest BCUT2D eigenvalue weighted by Gasteiger charge is 2.15. The Morgan fingerprint density at radius 1 is 1.11 bits per heavy atom. The quantitative estimate of drug-likeness (QED) is 0.642. The lowest BCUT2D eigenvalue weighted by Crippen LogP contribution is -2.15. The van der Waals surface area contributed by atoms with Crippen LogP contribution in [0.5, 0.6) is 5.75 Å². The van der Waals surface area contributed by atoms with E-state index in [9.17, 15) is 4.79 Å². The van der Waals surface area contributed by atoms with Crippen LogP contribution in [0, 0.1) is 0 Å². The number of aryl methyl sites for hydroxylation is 1. The Bertz CT molecular complexity index is 949. The summed E-state index contributed by atoms with van der Waals surface area (Å²) in [5, 5.41) is 3.56. The van der Waals surface area contributed by atoms with Gasteiger partial charge in [0, 0.05) is 34.7 Å². The summed E-state index contributed by atoms with van der Waals surface area (Å²) in [4.78, 5) is 16.7. The number of amides is 1. The van der Waals surface area contributed by atoms with E-state index in [1.54, 1.807) is 24.3 Å². The molecule has 0 aliphatic carbocycles. The fourth-order valence-electron chi connectivity index (χ4n) is 3.39. The van der Waals surface area contributed by atoms with E-state index in [-0.39, 0.29) is 12.3 Å². The molecule has 0 atom stereocenters. The smallest absolute Gasteiger partial charge is 0.227 e. The molecule has 4 rings (SSSR count). The highest BCUT2D eigenvalue weighted by Crippen LogP contribution is 2.25. The summed E-state index contributed by atoms with van der Waals surface area (Å²) in [5.74, 6) is 1.62. The number of ether oxygens (including phenoxy) is 1. The van der Waals surface area contributed by atoms with E-state index >= 15 is 0 Å². The van der Waals surface area contributed by atoms with Crippen LogP contribution in [-0.4, -0.2) is 22.1 Å². The number of nitrogens with zero attached hydrogens (tertiary/aromatic N) is 2. The van der Waals surface area contributed by atoms with Gasteiger partial charge in [0.1, 0.15) is 11.6 Å². The van der Waals surface area contributed by atoms with E-state index in [1.807, 2.05) is 30.5 Å². The summed E-state index contributed by atoms with van der Waals surface area (Å²) < 4.78 is 7.86. The fourth-order valence-corrected chi connectivity index (χ4v) is 3.51. The first-order valence-corrected chi connectivity index (χ1v) is 9.90. The Balaban J connectivity index is 1.31. The molecule has 0 fully saturated rings. The maximum Gasteiger partial charge on any atom is 0.227 e. The first-order valence-electron chi connectivity index (χ1n) is 9.52. The summed E-state index contributed by atoms with van der Waals surface area (Å²) in [6.45, 7) is 1.34. The van der Waals surface area contributed by atoms with Gasteiger partial charge in [0.25, 0.3) is 0 Å². The number of imidazole rings is 1. The fraction of sp³-hybridized carbons (Fsp3) is 0.273. The first kappa shape index (κ1) is 18.6. The van der Waals surface area contributed by atoms with Crippen molar-refractivity contribution in [3.05, 3.63) is 65.4 Å². The number of benzene rings is 2. The second-order valence-electron chi connectivity index (χ2n) is 6.86. The van der Waals surface area contributed by atoms with Crippen LogP contribution in [0.3, 0.4) is 0 Å². The van der Waals surface area contributed by atoms with Gasteiger partial charge in [-0.1, -0.05) is 11.6 Å². The predicted molar refractivity (Wildman–Crippen MR) is 111 cm³/mol. The van der Waals surface area contributed by atoms with Gasteiger partial charge in [-0.05, 0) is 67.8 Å². The minimum atomic E-state index is -0.0834. The summed E-state index contributed by atoms with van der Waals surface area (Å²) in [5.41, 5.74) is 3.14. The molecule has 2 heterocycles. The third kappa shape index (κ3) is 4.37. The molecule has 0 spiro atoms. The Labute approximate surface area is 169 Å². The van der Waals surface area contributed by atoms with E-state index in [4.69, 9.17) is 16.3 Å². The standard InChI is InChI=1S/C22H22ClN3O2/c23-17-6-10-20(11-7-17)28-14-12-21(27)25-18-8-4-16(5-9-18)22-24-15-19-3-1-2-13-26(19)22/h4-11,15H,1-3,12-14H2,(H,25,27). The minimum Gasteiger partial charge on any atom is -0.493 e. The molecule has 6 heteroatoms. The molecule has 1 N–H and O–H groups in total. The molecule has 1 aliphatic heterocycles. The Kier molecular flexibility index (Phi) is 5.63. The van der Waals surface area contributed by atoms with Gasteiger partial charge in [0.05, 0.1) is 13.0 Å². The van der Waals surface area contributed by atoms with Crippen LogP contribution in [0.25, 0.3) is 11.4 Å². The number of carbonyl (C=O) groups excluding carboxylic acids is 1. The third-order valence-electron chi connectivity index (χ3n) is 4.84. The van der Waals surface area contributed by atoms with Crippen LogP contribution < -0.4 is 10.1 Å². The number of hydrogen-bond donors (Lipinski definition) is 1. The SMILES string of the molecule is O=C(CCOc1ccc(Cl)cc1)Nc1ccc(-c2ncc3n2CCCC3)cc1. The van der Waals surface area contributed by atoms with Crippen LogP contribution in [0.2, 0.25) is 5.02 Å². The average Bonchev–Trinajstić information content (AvgIpc) is 3.14. The number of fused-ring (bicyclic) bond motifs is 1. The van der Waals surface area contributed by atoms with E-state index < -0.39 is 0 Å². The van der Waals surface area contributed by atoms with Crippen molar-refractivity contribution >= 4 is 23.2 Å². The molecule has 1 amide bonds. The molecule has 0 radical (unpaired) electrons. The van der Waals surface area contributed by atoms with Gasteiger partial charge in [-0.3, -0.25) is 4.79 Å². The molecule has 1 aromatic heterocycles. The van der Waals surface area contributed by atoms with Crippen molar-refractivity contribution < 1.29 is 9.53 Å². The predicted octanol–water partition coefficient (Wildman–Crippen LogP) is 4.95. The summed E-state index contributed by atoms with van der Waals surface area (Å²) >= 11 is 5.84. The normalized spacial score (nSPS) is 13.0. The van der Waals surface area contributed by atoms with Gasteiger partial charge in [-0.2, -0.15) is 0 Å². The molecule has 0 saturated heterocycles. The summed E-state index contributed by atoms with van der Waals surface area (Å²) in [6, 6.07) is 14.9. The van der Waals surface area contributed by atoms with Crippen molar-refractivity contribution in [2.24, 2.45) is 0 Å². The van der Waals surface area contributed by atoms with Gasteiger partial charge in [-0.25, -0.2) is 4.98 Å². The van der Waals surface area contributed by atoms with Crippen molar-refractivity contribution in [3.63, 3.8) is 0 Å². The molecule has 3 aromatic rings. The molecule has 0 bridgehead atoms. The Morgan fingerprint density at radius 2 is 1.89 bits per heavy atom. The number of aromatic nitrogens is 2. The van der Waals surface area contributed by atoms with Gasteiger partial charge in [0.15, 0.2) is 0 Å². The number of halogens is 1. The Morgan fingerprint density at radius 3 is 2.68 bits per heavy atom. The number of carbonyl (C=O) groups is 1. The molecular formula is C22H22ClN3O2. The second kappa shape index (κ2) is 8.48. The third-order valence-corrected chi connectivity index (χ3v) is 5.09. The zero-order valence-electron chi connectivity index (χ0n) is 15.5. The van der Waals surface area contributed by atoms with Crippen LogP contribution >= 0.6 is 11.6 Å². The van der Waals surface area contributed by atoms with E-state index in [1.165, 1.54) is 18.5 Å². The lowest BCUT2D eigenvalue weighted by atomic mass is 10.1. The molecule has 0 saturated carbocycles. The summed E-state index contributed by atoms with van der Waals surface area (Å²) in [7, 11) is 0. The zero-order valence-corrected chi connectivity index (χ0v) is 16.3. The van der Waals surface area contributed by atoms with Gasteiger partial charge in [0.2, 0.25) is 5.91 Å². The van der Waals surface area contributed by atoms with Crippen molar-refractivity contribution in [1.29, 1.82) is 0 Å². The Hall–Kier alpha value is -2.79. The lowest BCUT2D eigenvalue weighted by Gasteiger charge is -2.16. The number of anilines is 1. The molecule has 1 aliphatic rings. The van der Waals surface area contributed by atoms with Crippen LogP contribution in [0.15, 0.2) is 54.7 Å². The molecule has 2 aromatic carbocycles. The van der Waals surface area contributed by atoms with Crippen molar-refractivity contribution in [1.82, 2.24) is 9.55 Å². The maximum absolute atomic E-state index is 12.1. The van der Waals surface area contributed by atoms with E-state index in [0.717, 1.165) is 30.0 Å². The zero-order chi connectivity index (χ0) is 19.3. The lowest BCUT2D eigenvalue weighted by molar-refractivity contribution is -0.116. The molecular weight excluding hydrogens is 374 g/mol. The number of hydrogen-bond acceptors (Lipinski definition) is 3. The monoisotopic (exact) mass is 395 g/mol. The minimum absolute atomic E-state index is 0.0834. The molecule has 28 heavy (non-hydrogen) atoms. The van der Waals surface area contributed by atoms with Crippen molar-refractivity contribution in [3.8, 4) is 17.1 Å². The van der Waals surface area contributed by atoms with Gasteiger partial charge in [-0.15, -0.1) is 0 Å². The number of nitrogens with one attached hydrogen (secondary N) is 1. The van der Waals surface area contributed by atoms with Gasteiger partial charge < -0.3 is 14.6 Å². The van der Waals surface area contributed by atoms with E-state index in [0.29, 0.717) is 17.4 Å². The maximum atomic E-state index is 12.1.